The molecule has 8 aromatic rings. The van der Waals surface area contributed by atoms with Gasteiger partial charge in [-0.2, -0.15) is 0 Å². The predicted octanol–water partition coefficient (Wildman–Crippen LogP) is 10.2. The van der Waals surface area contributed by atoms with Crippen LogP contribution >= 0.6 is 7.14 Å². The Morgan fingerprint density at radius 2 is 1.00 bits per heavy atom. The molecule has 220 valence electrons. The maximum absolute atomic E-state index is 12.9. The van der Waals surface area contributed by atoms with Gasteiger partial charge in [0.25, 0.3) is 0 Å². The maximum Gasteiger partial charge on any atom is 0.165 e. The van der Waals surface area contributed by atoms with Crippen molar-refractivity contribution in [2.75, 3.05) is 13.3 Å². The van der Waals surface area contributed by atoms with E-state index in [0.29, 0.717) is 17.5 Å². The highest BCUT2D eigenvalue weighted by atomic mass is 31.2. The number of rotatable bonds is 5. The van der Waals surface area contributed by atoms with Gasteiger partial charge in [-0.1, -0.05) is 127 Å². The van der Waals surface area contributed by atoms with Crippen molar-refractivity contribution in [3.05, 3.63) is 146 Å². The molecule has 0 N–H and O–H groups in total. The fraction of sp³-hybridized carbons (Fsp3) is 0.0488. The van der Waals surface area contributed by atoms with Gasteiger partial charge in [-0.3, -0.25) is 0 Å². The Bertz CT molecular complexity index is 2480. The molecule has 7 aromatic carbocycles. The van der Waals surface area contributed by atoms with Crippen LogP contribution in [-0.4, -0.2) is 28.3 Å². The van der Waals surface area contributed by atoms with Crippen LogP contribution in [0.1, 0.15) is 0 Å². The number of fused-ring (bicyclic) bond motifs is 4. The summed E-state index contributed by atoms with van der Waals surface area (Å²) in [6.45, 7) is 3.61. The summed E-state index contributed by atoms with van der Waals surface area (Å²) < 4.78 is 12.9. The number of hydrogen-bond donors (Lipinski definition) is 0. The van der Waals surface area contributed by atoms with Gasteiger partial charge in [0.2, 0.25) is 0 Å². The van der Waals surface area contributed by atoms with Crippen LogP contribution in [-0.2, 0) is 4.57 Å². The van der Waals surface area contributed by atoms with E-state index in [4.69, 9.17) is 15.0 Å². The molecule has 0 saturated heterocycles. The van der Waals surface area contributed by atoms with Crippen molar-refractivity contribution < 1.29 is 4.57 Å². The SMILES string of the molecule is CP(C)(=O)c1cccc(-c2cccc(-c3nc(-c4ccccc4)nc(-c4c5ccccc5cc5c4ccc4ccccc45)n3)c2)c1. The van der Waals surface area contributed by atoms with Gasteiger partial charge in [0.05, 0.1) is 0 Å². The van der Waals surface area contributed by atoms with E-state index in [9.17, 15) is 4.57 Å². The third kappa shape index (κ3) is 5.07. The summed E-state index contributed by atoms with van der Waals surface area (Å²) in [5.41, 5.74) is 4.82. The Kier molecular flexibility index (Phi) is 6.82. The average molecular weight is 612 g/mol. The van der Waals surface area contributed by atoms with Crippen LogP contribution in [0.25, 0.3) is 77.6 Å². The van der Waals surface area contributed by atoms with E-state index in [1.807, 2.05) is 60.7 Å². The smallest absolute Gasteiger partial charge is 0.165 e. The molecule has 0 bridgehead atoms. The van der Waals surface area contributed by atoms with Gasteiger partial charge < -0.3 is 4.57 Å². The Hall–Kier alpha value is -5.44. The lowest BCUT2D eigenvalue weighted by atomic mass is 9.93. The Morgan fingerprint density at radius 1 is 0.413 bits per heavy atom. The van der Waals surface area contributed by atoms with E-state index >= 15 is 0 Å². The molecule has 0 aliphatic carbocycles. The summed E-state index contributed by atoms with van der Waals surface area (Å²) in [7, 11) is -2.41. The first-order valence-corrected chi connectivity index (χ1v) is 17.9. The van der Waals surface area contributed by atoms with Crippen LogP contribution in [0.5, 0.6) is 0 Å². The van der Waals surface area contributed by atoms with Crippen molar-refractivity contribution in [1.82, 2.24) is 15.0 Å². The van der Waals surface area contributed by atoms with E-state index in [1.54, 1.807) is 13.3 Å². The van der Waals surface area contributed by atoms with Gasteiger partial charge in [-0.05, 0) is 75.0 Å². The van der Waals surface area contributed by atoms with Gasteiger partial charge in [0, 0.05) is 22.0 Å². The van der Waals surface area contributed by atoms with Crippen LogP contribution in [0, 0.1) is 0 Å². The minimum atomic E-state index is -2.41. The number of hydrogen-bond acceptors (Lipinski definition) is 4. The molecule has 1 aromatic heterocycles. The third-order valence-electron chi connectivity index (χ3n) is 8.58. The van der Waals surface area contributed by atoms with Crippen molar-refractivity contribution >= 4 is 44.8 Å². The Morgan fingerprint density at radius 3 is 1.78 bits per heavy atom. The molecule has 5 heteroatoms. The summed E-state index contributed by atoms with van der Waals surface area (Å²) >= 11 is 0. The number of aromatic nitrogens is 3. The molecule has 0 fully saturated rings. The Balaban J connectivity index is 1.39. The first-order chi connectivity index (χ1) is 22.4. The van der Waals surface area contributed by atoms with Gasteiger partial charge in [0.1, 0.15) is 7.14 Å². The zero-order chi connectivity index (χ0) is 31.3. The summed E-state index contributed by atoms with van der Waals surface area (Å²) in [6.07, 6.45) is 0. The quantitative estimate of drug-likeness (QED) is 0.110. The van der Waals surface area contributed by atoms with Crippen molar-refractivity contribution in [3.63, 3.8) is 0 Å². The number of benzene rings is 7. The maximum atomic E-state index is 12.9. The second-order valence-electron chi connectivity index (χ2n) is 12.0. The van der Waals surface area contributed by atoms with E-state index < -0.39 is 7.14 Å². The first-order valence-electron chi connectivity index (χ1n) is 15.3. The second kappa shape index (κ2) is 11.2. The second-order valence-corrected chi connectivity index (χ2v) is 15.2. The zero-order valence-electron chi connectivity index (χ0n) is 25.6. The molecule has 0 atom stereocenters. The van der Waals surface area contributed by atoms with Gasteiger partial charge in [-0.25, -0.2) is 15.0 Å². The van der Waals surface area contributed by atoms with Crippen LogP contribution in [0.15, 0.2) is 146 Å². The lowest BCUT2D eigenvalue weighted by molar-refractivity contribution is 0.588. The summed E-state index contributed by atoms with van der Waals surface area (Å²) in [6, 6.07) is 49.9. The Labute approximate surface area is 267 Å². The van der Waals surface area contributed by atoms with E-state index in [1.165, 1.54) is 16.2 Å². The molecule has 0 spiro atoms. The van der Waals surface area contributed by atoms with E-state index in [2.05, 4.69) is 84.9 Å². The summed E-state index contributed by atoms with van der Waals surface area (Å²) in [4.78, 5) is 15.4. The largest absolute Gasteiger partial charge is 0.319 e. The molecule has 46 heavy (non-hydrogen) atoms. The number of nitrogens with zero attached hydrogens (tertiary/aromatic N) is 3. The molecule has 1 heterocycles. The van der Waals surface area contributed by atoms with Gasteiger partial charge in [-0.15, -0.1) is 0 Å². The predicted molar refractivity (Wildman–Crippen MR) is 193 cm³/mol. The molecule has 8 rings (SSSR count). The van der Waals surface area contributed by atoms with Crippen molar-refractivity contribution in [1.29, 1.82) is 0 Å². The molecular weight excluding hydrogens is 581 g/mol. The summed E-state index contributed by atoms with van der Waals surface area (Å²) in [5.74, 6) is 1.85. The minimum Gasteiger partial charge on any atom is -0.319 e. The molecular formula is C41H30N3OP. The third-order valence-corrected chi connectivity index (χ3v) is 10.1. The summed E-state index contributed by atoms with van der Waals surface area (Å²) in [5, 5.41) is 7.75. The highest BCUT2D eigenvalue weighted by Crippen LogP contribution is 2.40. The molecule has 0 radical (unpaired) electrons. The van der Waals surface area contributed by atoms with Crippen molar-refractivity contribution in [2.45, 2.75) is 0 Å². The molecule has 0 aliphatic rings. The molecule has 0 amide bonds. The molecule has 0 unspecified atom stereocenters. The van der Waals surface area contributed by atoms with Crippen LogP contribution in [0.2, 0.25) is 0 Å². The fourth-order valence-corrected chi connectivity index (χ4v) is 7.15. The van der Waals surface area contributed by atoms with Crippen LogP contribution < -0.4 is 5.30 Å². The zero-order valence-corrected chi connectivity index (χ0v) is 26.4. The fourth-order valence-electron chi connectivity index (χ4n) is 6.25. The molecule has 0 saturated carbocycles. The van der Waals surface area contributed by atoms with E-state index in [-0.39, 0.29) is 0 Å². The standard InChI is InChI=1S/C41H30N3OP/c1-46(2,45)33-19-11-17-30(25-33)29-16-10-18-32(24-29)40-42-39(28-13-4-3-5-14-28)43-41(44-40)38-35-21-9-7-15-31(35)26-37-34-20-8-6-12-27(34)22-23-36(37)38/h3-26H,1-2H3. The lowest BCUT2D eigenvalue weighted by Gasteiger charge is -2.15. The van der Waals surface area contributed by atoms with Crippen LogP contribution in [0.4, 0.5) is 0 Å². The van der Waals surface area contributed by atoms with Crippen molar-refractivity contribution in [2.24, 2.45) is 0 Å². The lowest BCUT2D eigenvalue weighted by Crippen LogP contribution is -2.02. The normalized spacial score (nSPS) is 11.8. The topological polar surface area (TPSA) is 55.7 Å². The van der Waals surface area contributed by atoms with Crippen molar-refractivity contribution in [3.8, 4) is 45.3 Å². The van der Waals surface area contributed by atoms with Gasteiger partial charge in [0.15, 0.2) is 17.5 Å². The highest BCUT2D eigenvalue weighted by molar-refractivity contribution is 7.70. The van der Waals surface area contributed by atoms with Crippen LogP contribution in [0.3, 0.4) is 0 Å². The van der Waals surface area contributed by atoms with E-state index in [0.717, 1.165) is 49.3 Å². The highest BCUT2D eigenvalue weighted by Gasteiger charge is 2.19. The molecule has 4 nitrogen and oxygen atoms in total. The minimum absolute atomic E-state index is 0.598. The van der Waals surface area contributed by atoms with Gasteiger partial charge >= 0.3 is 0 Å². The monoisotopic (exact) mass is 611 g/mol. The average Bonchev–Trinajstić information content (AvgIpc) is 3.10. The molecule has 0 aliphatic heterocycles. The first kappa shape index (κ1) is 28.1.